The van der Waals surface area contributed by atoms with E-state index in [1.165, 1.54) is 14.0 Å². The van der Waals surface area contributed by atoms with E-state index in [2.05, 4.69) is 15.6 Å². The smallest absolute Gasteiger partial charge is 0.356 e. The van der Waals surface area contributed by atoms with Crippen LogP contribution in [0.2, 0.25) is 0 Å². The number of amides is 1. The molecule has 0 radical (unpaired) electrons. The van der Waals surface area contributed by atoms with Gasteiger partial charge < -0.3 is 29.8 Å². The molecule has 158 valence electrons. The van der Waals surface area contributed by atoms with Gasteiger partial charge in [-0.2, -0.15) is 0 Å². The zero-order valence-corrected chi connectivity index (χ0v) is 17.0. The monoisotopic (exact) mass is 404 g/mol. The Hall–Kier alpha value is -2.65. The first-order valence-electron chi connectivity index (χ1n) is 9.81. The lowest BCUT2D eigenvalue weighted by atomic mass is 10.2. The van der Waals surface area contributed by atoms with Crippen molar-refractivity contribution in [1.82, 2.24) is 9.55 Å². The summed E-state index contributed by atoms with van der Waals surface area (Å²) in [6.45, 7) is 4.56. The van der Waals surface area contributed by atoms with Crippen molar-refractivity contribution in [2.75, 3.05) is 31.0 Å². The number of carbonyl (C=O) groups excluding carboxylic acids is 2. The van der Waals surface area contributed by atoms with E-state index in [1.807, 2.05) is 13.0 Å². The maximum atomic E-state index is 12.6. The lowest BCUT2D eigenvalue weighted by Gasteiger charge is -2.15. The minimum absolute atomic E-state index is 0.0247. The molecule has 0 saturated carbocycles. The van der Waals surface area contributed by atoms with Gasteiger partial charge in [-0.05, 0) is 32.3 Å². The molecule has 0 aliphatic carbocycles. The lowest BCUT2D eigenvalue weighted by Crippen LogP contribution is -2.21. The molecular formula is C20H28N4O5. The molecule has 1 aliphatic heterocycles. The quantitative estimate of drug-likeness (QED) is 0.578. The molecular weight excluding hydrogens is 376 g/mol. The summed E-state index contributed by atoms with van der Waals surface area (Å²) in [5.41, 5.74) is 1.94. The van der Waals surface area contributed by atoms with Gasteiger partial charge in [0.1, 0.15) is 5.65 Å². The topological polar surface area (TPSA) is 115 Å². The number of esters is 1. The van der Waals surface area contributed by atoms with Gasteiger partial charge in [-0.3, -0.25) is 4.79 Å². The number of aromatic nitrogens is 2. The van der Waals surface area contributed by atoms with Gasteiger partial charge in [-0.15, -0.1) is 0 Å². The molecule has 3 rings (SSSR count). The maximum Gasteiger partial charge on any atom is 0.356 e. The Kier molecular flexibility index (Phi) is 6.71. The Morgan fingerprint density at radius 2 is 2.28 bits per heavy atom. The van der Waals surface area contributed by atoms with E-state index in [4.69, 9.17) is 14.6 Å². The molecule has 0 spiro atoms. The number of anilines is 2. The molecule has 3 N–H and O–H groups in total. The summed E-state index contributed by atoms with van der Waals surface area (Å²) in [6.07, 6.45) is 4.11. The highest BCUT2D eigenvalue weighted by Crippen LogP contribution is 2.34. The van der Waals surface area contributed by atoms with Crippen LogP contribution in [-0.4, -0.2) is 59.0 Å². The first kappa shape index (κ1) is 21.1. The van der Waals surface area contributed by atoms with Crippen LogP contribution in [0.25, 0.3) is 11.0 Å². The van der Waals surface area contributed by atoms with E-state index in [0.29, 0.717) is 36.3 Å². The molecule has 1 fully saturated rings. The summed E-state index contributed by atoms with van der Waals surface area (Å²) in [7, 11) is 1.31. The Labute approximate surface area is 169 Å². The largest absolute Gasteiger partial charge is 0.464 e. The molecule has 1 aliphatic rings. The van der Waals surface area contributed by atoms with Crippen LogP contribution in [0.3, 0.4) is 0 Å². The second kappa shape index (κ2) is 9.23. The number of hydrogen-bond donors (Lipinski definition) is 3. The van der Waals surface area contributed by atoms with Gasteiger partial charge in [0, 0.05) is 31.6 Å². The Bertz CT molecular complexity index is 889. The van der Waals surface area contributed by atoms with E-state index in [1.54, 1.807) is 10.8 Å². The number of rotatable bonds is 8. The van der Waals surface area contributed by atoms with Gasteiger partial charge in [0.15, 0.2) is 5.69 Å². The molecule has 0 bridgehead atoms. The minimum atomic E-state index is -0.548. The van der Waals surface area contributed by atoms with Crippen LogP contribution >= 0.6 is 0 Å². The van der Waals surface area contributed by atoms with Crippen LogP contribution in [0, 0.1) is 0 Å². The van der Waals surface area contributed by atoms with Crippen LogP contribution in [0.4, 0.5) is 11.4 Å². The zero-order valence-electron chi connectivity index (χ0n) is 17.0. The first-order valence-corrected chi connectivity index (χ1v) is 9.81. The van der Waals surface area contributed by atoms with Gasteiger partial charge in [0.2, 0.25) is 5.91 Å². The predicted octanol–water partition coefficient (Wildman–Crippen LogP) is 2.14. The number of hydrogen-bond acceptors (Lipinski definition) is 7. The second-order valence-electron chi connectivity index (χ2n) is 7.29. The van der Waals surface area contributed by atoms with Crippen molar-refractivity contribution < 1.29 is 24.2 Å². The van der Waals surface area contributed by atoms with Crippen molar-refractivity contribution in [3.05, 3.63) is 18.0 Å². The molecule has 0 unspecified atom stereocenters. The number of pyridine rings is 1. The van der Waals surface area contributed by atoms with E-state index in [9.17, 15) is 9.59 Å². The fourth-order valence-electron chi connectivity index (χ4n) is 3.64. The maximum absolute atomic E-state index is 12.6. The average Bonchev–Trinajstić information content (AvgIpc) is 3.28. The highest BCUT2D eigenvalue weighted by Gasteiger charge is 2.28. The third-order valence-electron chi connectivity index (χ3n) is 4.96. The Morgan fingerprint density at radius 1 is 1.48 bits per heavy atom. The van der Waals surface area contributed by atoms with Crippen molar-refractivity contribution in [1.29, 1.82) is 0 Å². The zero-order chi connectivity index (χ0) is 21.0. The summed E-state index contributed by atoms with van der Waals surface area (Å²) >= 11 is 0. The van der Waals surface area contributed by atoms with Crippen LogP contribution in [0.15, 0.2) is 12.3 Å². The number of fused-ring (bicyclic) bond motifs is 1. The molecule has 1 saturated heterocycles. The van der Waals surface area contributed by atoms with Crippen molar-refractivity contribution in [3.8, 4) is 0 Å². The van der Waals surface area contributed by atoms with Crippen molar-refractivity contribution in [3.63, 3.8) is 0 Å². The van der Waals surface area contributed by atoms with Crippen LogP contribution in [0.1, 0.15) is 43.6 Å². The highest BCUT2D eigenvalue weighted by molar-refractivity contribution is 6.10. The number of carbonyl (C=O) groups is 2. The van der Waals surface area contributed by atoms with E-state index < -0.39 is 5.97 Å². The summed E-state index contributed by atoms with van der Waals surface area (Å²) in [5.74, 6) is -0.841. The summed E-state index contributed by atoms with van der Waals surface area (Å²) in [5, 5.41) is 15.8. The summed E-state index contributed by atoms with van der Waals surface area (Å²) in [4.78, 5) is 29.0. The third-order valence-corrected chi connectivity index (χ3v) is 4.96. The van der Waals surface area contributed by atoms with E-state index >= 15 is 0 Å². The molecule has 2 atom stereocenters. The van der Waals surface area contributed by atoms with Gasteiger partial charge in [-0.25, -0.2) is 9.78 Å². The average molecular weight is 404 g/mol. The van der Waals surface area contributed by atoms with E-state index in [-0.39, 0.29) is 30.4 Å². The molecule has 9 nitrogen and oxygen atoms in total. The third kappa shape index (κ3) is 4.68. The van der Waals surface area contributed by atoms with Crippen molar-refractivity contribution >= 4 is 34.3 Å². The van der Waals surface area contributed by atoms with Crippen LogP contribution in [-0.2, 0) is 20.8 Å². The number of nitrogens with zero attached hydrogens (tertiary/aromatic N) is 2. The number of methoxy groups -OCH3 is 1. The number of aliphatic hydroxyl groups is 1. The number of ether oxygens (including phenoxy) is 2. The summed E-state index contributed by atoms with van der Waals surface area (Å²) in [6, 6.07) is 1.89. The van der Waals surface area contributed by atoms with Crippen LogP contribution < -0.4 is 10.6 Å². The fraction of sp³-hybridized carbons (Fsp3) is 0.550. The Balaban J connectivity index is 2.12. The highest BCUT2D eigenvalue weighted by atomic mass is 16.5. The molecule has 9 heteroatoms. The van der Waals surface area contributed by atoms with E-state index in [0.717, 1.165) is 18.5 Å². The van der Waals surface area contributed by atoms with Crippen molar-refractivity contribution in [2.24, 2.45) is 0 Å². The fourth-order valence-corrected chi connectivity index (χ4v) is 3.64. The normalized spacial score (nSPS) is 17.3. The molecule has 1 amide bonds. The Morgan fingerprint density at radius 3 is 2.90 bits per heavy atom. The van der Waals surface area contributed by atoms with Crippen LogP contribution in [0.5, 0.6) is 0 Å². The number of nitrogens with one attached hydrogen (secondary N) is 2. The summed E-state index contributed by atoms with van der Waals surface area (Å²) < 4.78 is 12.5. The molecule has 2 aromatic heterocycles. The molecule has 2 aromatic rings. The number of aliphatic hydroxyl groups excluding tert-OH is 1. The first-order chi connectivity index (χ1) is 13.9. The second-order valence-corrected chi connectivity index (χ2v) is 7.29. The predicted molar refractivity (Wildman–Crippen MR) is 109 cm³/mol. The molecule has 29 heavy (non-hydrogen) atoms. The molecule has 0 aromatic carbocycles. The van der Waals surface area contributed by atoms with Crippen molar-refractivity contribution in [2.45, 2.75) is 51.8 Å². The SMILES string of the molecule is COC(=O)c1c(NC(C)=O)c2cc(N[C@H](C)CCO)cnc2n1C[C@H]1CCCO1. The minimum Gasteiger partial charge on any atom is -0.464 e. The standard InChI is InChI=1S/C20H28N4O5/c1-12(6-7-25)22-14-9-16-17(23-13(2)26)18(20(27)28-3)24(19(16)21-10-14)11-15-5-4-8-29-15/h9-10,12,15,22,25H,4-8,11H2,1-3H3,(H,23,26)/t12-,15-/m1/s1. The van der Waals surface area contributed by atoms with Gasteiger partial charge in [0.25, 0.3) is 0 Å². The lowest BCUT2D eigenvalue weighted by molar-refractivity contribution is -0.114. The molecule has 3 heterocycles. The van der Waals surface area contributed by atoms with Gasteiger partial charge in [-0.1, -0.05) is 0 Å². The van der Waals surface area contributed by atoms with Gasteiger partial charge >= 0.3 is 5.97 Å². The van der Waals surface area contributed by atoms with Gasteiger partial charge in [0.05, 0.1) is 37.3 Å².